The summed E-state index contributed by atoms with van der Waals surface area (Å²) in [6, 6.07) is 0.679. The van der Waals surface area contributed by atoms with E-state index in [1.54, 1.807) is 0 Å². The van der Waals surface area contributed by atoms with Crippen molar-refractivity contribution in [3.05, 3.63) is 0 Å². The average molecular weight is 285 g/mol. The maximum Gasteiger partial charge on any atom is 0.0685 e. The van der Waals surface area contributed by atoms with Crippen LogP contribution in [0.1, 0.15) is 59.3 Å². The van der Waals surface area contributed by atoms with Gasteiger partial charge in [0, 0.05) is 18.4 Å². The molecule has 2 aliphatic rings. The molecule has 0 radical (unpaired) electrons. The second-order valence-electron chi connectivity index (χ2n) is 6.54. The lowest BCUT2D eigenvalue weighted by molar-refractivity contribution is -0.0966. The zero-order chi connectivity index (χ0) is 13.7. The smallest absolute Gasteiger partial charge is 0.0685 e. The van der Waals surface area contributed by atoms with Gasteiger partial charge in [-0.1, -0.05) is 33.6 Å². The molecule has 1 aliphatic heterocycles. The van der Waals surface area contributed by atoms with Crippen LogP contribution in [-0.4, -0.2) is 35.8 Å². The number of hydrogen-bond donors (Lipinski definition) is 1. The SMILES string of the molecule is CCNC(CSC(C)C)C1CCOC2(CCCC2)C1. The van der Waals surface area contributed by atoms with Gasteiger partial charge in [-0.15, -0.1) is 0 Å². The van der Waals surface area contributed by atoms with Gasteiger partial charge in [-0.25, -0.2) is 0 Å². The van der Waals surface area contributed by atoms with Gasteiger partial charge in [0.1, 0.15) is 0 Å². The summed E-state index contributed by atoms with van der Waals surface area (Å²) in [5.74, 6) is 2.07. The van der Waals surface area contributed by atoms with Crippen LogP contribution in [0.4, 0.5) is 0 Å². The van der Waals surface area contributed by atoms with Gasteiger partial charge < -0.3 is 10.1 Å². The number of ether oxygens (including phenoxy) is 1. The zero-order valence-electron chi connectivity index (χ0n) is 12.9. The Balaban J connectivity index is 1.91. The van der Waals surface area contributed by atoms with E-state index in [0.717, 1.165) is 24.3 Å². The van der Waals surface area contributed by atoms with Crippen LogP contribution in [0, 0.1) is 5.92 Å². The molecular formula is C16H31NOS. The molecule has 0 aromatic carbocycles. The van der Waals surface area contributed by atoms with Gasteiger partial charge >= 0.3 is 0 Å². The monoisotopic (exact) mass is 285 g/mol. The first-order valence-electron chi connectivity index (χ1n) is 8.14. The molecule has 2 nitrogen and oxygen atoms in total. The van der Waals surface area contributed by atoms with Crippen LogP contribution in [0.25, 0.3) is 0 Å². The molecule has 1 spiro atoms. The van der Waals surface area contributed by atoms with E-state index in [9.17, 15) is 0 Å². The lowest BCUT2D eigenvalue weighted by Gasteiger charge is -2.41. The summed E-state index contributed by atoms with van der Waals surface area (Å²) in [6.07, 6.45) is 7.90. The van der Waals surface area contributed by atoms with E-state index in [2.05, 4.69) is 37.8 Å². The molecule has 2 atom stereocenters. The van der Waals surface area contributed by atoms with E-state index in [1.165, 1.54) is 44.3 Å². The van der Waals surface area contributed by atoms with Gasteiger partial charge in [0.05, 0.1) is 5.60 Å². The minimum Gasteiger partial charge on any atom is -0.375 e. The minimum absolute atomic E-state index is 0.263. The van der Waals surface area contributed by atoms with Crippen molar-refractivity contribution in [1.82, 2.24) is 5.32 Å². The van der Waals surface area contributed by atoms with Gasteiger partial charge in [-0.2, -0.15) is 11.8 Å². The van der Waals surface area contributed by atoms with Crippen molar-refractivity contribution in [2.75, 3.05) is 18.9 Å². The fourth-order valence-corrected chi connectivity index (χ4v) is 4.68. The van der Waals surface area contributed by atoms with Crippen molar-refractivity contribution >= 4 is 11.8 Å². The second kappa shape index (κ2) is 7.33. The quantitative estimate of drug-likeness (QED) is 0.801. The molecule has 0 aromatic rings. The number of nitrogens with one attached hydrogen (secondary N) is 1. The molecule has 2 fully saturated rings. The van der Waals surface area contributed by atoms with Crippen LogP contribution in [0.5, 0.6) is 0 Å². The second-order valence-corrected chi connectivity index (χ2v) is 8.15. The summed E-state index contributed by atoms with van der Waals surface area (Å²) < 4.78 is 6.18. The van der Waals surface area contributed by atoms with Crippen molar-refractivity contribution in [2.24, 2.45) is 5.92 Å². The molecule has 2 rings (SSSR count). The molecule has 1 N–H and O–H groups in total. The molecule has 1 saturated carbocycles. The van der Waals surface area contributed by atoms with E-state index in [1.807, 2.05) is 0 Å². The third kappa shape index (κ3) is 4.37. The number of hydrogen-bond acceptors (Lipinski definition) is 3. The first kappa shape index (κ1) is 15.7. The van der Waals surface area contributed by atoms with Gasteiger partial charge in [-0.3, -0.25) is 0 Å². The Morgan fingerprint density at radius 1 is 1.32 bits per heavy atom. The summed E-state index contributed by atoms with van der Waals surface area (Å²) in [5, 5.41) is 4.48. The minimum atomic E-state index is 0.263. The fraction of sp³-hybridized carbons (Fsp3) is 1.00. The molecule has 112 valence electrons. The highest BCUT2D eigenvalue weighted by molar-refractivity contribution is 7.99. The standard InChI is InChI=1S/C16H31NOS/c1-4-17-15(12-19-13(2)3)14-7-10-18-16(11-14)8-5-6-9-16/h13-15,17H,4-12H2,1-3H3. The van der Waals surface area contributed by atoms with Crippen LogP contribution in [0.15, 0.2) is 0 Å². The van der Waals surface area contributed by atoms with Crippen molar-refractivity contribution in [2.45, 2.75) is 76.2 Å². The number of rotatable bonds is 6. The highest BCUT2D eigenvalue weighted by Gasteiger charge is 2.41. The predicted octanol–water partition coefficient (Wildman–Crippen LogP) is 3.85. The molecule has 19 heavy (non-hydrogen) atoms. The summed E-state index contributed by atoms with van der Waals surface area (Å²) in [6.45, 7) is 8.91. The first-order chi connectivity index (χ1) is 9.15. The Hall–Kier alpha value is 0.270. The lowest BCUT2D eigenvalue weighted by Crippen LogP contribution is -2.47. The Bertz CT molecular complexity index is 263. The van der Waals surface area contributed by atoms with E-state index in [4.69, 9.17) is 4.74 Å². The summed E-state index contributed by atoms with van der Waals surface area (Å²) in [7, 11) is 0. The topological polar surface area (TPSA) is 21.3 Å². The third-order valence-electron chi connectivity index (χ3n) is 4.69. The molecular weight excluding hydrogens is 254 g/mol. The van der Waals surface area contributed by atoms with Crippen LogP contribution in [0.2, 0.25) is 0 Å². The highest BCUT2D eigenvalue weighted by atomic mass is 32.2. The van der Waals surface area contributed by atoms with E-state index in [-0.39, 0.29) is 5.60 Å². The van der Waals surface area contributed by atoms with Crippen LogP contribution in [0.3, 0.4) is 0 Å². The van der Waals surface area contributed by atoms with Gasteiger partial charge in [0.25, 0.3) is 0 Å². The van der Waals surface area contributed by atoms with Crippen molar-refractivity contribution in [3.63, 3.8) is 0 Å². The summed E-state index contributed by atoms with van der Waals surface area (Å²) in [5.41, 5.74) is 0.263. The van der Waals surface area contributed by atoms with Gasteiger partial charge in [-0.05, 0) is 43.4 Å². The van der Waals surface area contributed by atoms with Crippen molar-refractivity contribution in [3.8, 4) is 0 Å². The summed E-state index contributed by atoms with van der Waals surface area (Å²) >= 11 is 2.10. The molecule has 0 amide bonds. The molecule has 0 aromatic heterocycles. The third-order valence-corrected chi connectivity index (χ3v) is 5.91. The maximum absolute atomic E-state index is 6.18. The van der Waals surface area contributed by atoms with Crippen molar-refractivity contribution in [1.29, 1.82) is 0 Å². The Labute approximate surface area is 123 Å². The molecule has 1 aliphatic carbocycles. The lowest BCUT2D eigenvalue weighted by atomic mass is 9.81. The molecule has 1 heterocycles. The zero-order valence-corrected chi connectivity index (χ0v) is 13.7. The van der Waals surface area contributed by atoms with Crippen LogP contribution >= 0.6 is 11.8 Å². The highest BCUT2D eigenvalue weighted by Crippen LogP contribution is 2.43. The van der Waals surface area contributed by atoms with E-state index in [0.29, 0.717) is 6.04 Å². The normalized spacial score (nSPS) is 28.1. The molecule has 2 unspecified atom stereocenters. The van der Waals surface area contributed by atoms with Gasteiger partial charge in [0.15, 0.2) is 0 Å². The largest absolute Gasteiger partial charge is 0.375 e. The molecule has 1 saturated heterocycles. The Morgan fingerprint density at radius 3 is 2.68 bits per heavy atom. The van der Waals surface area contributed by atoms with E-state index < -0.39 is 0 Å². The van der Waals surface area contributed by atoms with Crippen molar-refractivity contribution < 1.29 is 4.74 Å². The predicted molar refractivity (Wildman–Crippen MR) is 84.9 cm³/mol. The van der Waals surface area contributed by atoms with Gasteiger partial charge in [0.2, 0.25) is 0 Å². The average Bonchev–Trinajstić information content (AvgIpc) is 2.82. The number of thioether (sulfide) groups is 1. The molecule has 0 bridgehead atoms. The van der Waals surface area contributed by atoms with Crippen LogP contribution in [-0.2, 0) is 4.74 Å². The Morgan fingerprint density at radius 2 is 2.05 bits per heavy atom. The maximum atomic E-state index is 6.18. The molecule has 3 heteroatoms. The first-order valence-corrected chi connectivity index (χ1v) is 9.19. The summed E-state index contributed by atoms with van der Waals surface area (Å²) in [4.78, 5) is 0. The Kier molecular flexibility index (Phi) is 6.04. The van der Waals surface area contributed by atoms with Crippen LogP contribution < -0.4 is 5.32 Å². The fourth-order valence-electron chi connectivity index (χ4n) is 3.70. The van der Waals surface area contributed by atoms with E-state index >= 15 is 0 Å².